The lowest BCUT2D eigenvalue weighted by Gasteiger charge is -2.32. The van der Waals surface area contributed by atoms with Crippen molar-refractivity contribution in [3.8, 4) is 22.8 Å². The van der Waals surface area contributed by atoms with Crippen molar-refractivity contribution >= 4 is 23.4 Å². The van der Waals surface area contributed by atoms with Gasteiger partial charge in [-0.15, -0.1) is 0 Å². The molecule has 0 aliphatic heterocycles. The predicted molar refractivity (Wildman–Crippen MR) is 191 cm³/mol. The van der Waals surface area contributed by atoms with E-state index in [4.69, 9.17) is 19.4 Å². The predicted octanol–water partition coefficient (Wildman–Crippen LogP) is 8.39. The number of rotatable bonds is 12. The standard InChI is InChI=1S/C41H45N3O5/c1-27(45)48-33-17-13-30(14-18-33)21-35-38(23-32(47)24-41(6,7)26-40(3,4)5)44-25-37(31-15-19-34(20-16-31)49-28(2)46)42-36(39(44)43-35)22-29-11-9-8-10-12-29/h8-20,25H,21-24,26H2,1-7H3. The number of fused-ring (bicyclic) bond motifs is 1. The van der Waals surface area contributed by atoms with Gasteiger partial charge in [-0.2, -0.15) is 0 Å². The molecule has 0 N–H and O–H groups in total. The smallest absolute Gasteiger partial charge is 0.308 e. The Hall–Kier alpha value is -5.11. The molecule has 0 bridgehead atoms. The van der Waals surface area contributed by atoms with Crippen LogP contribution < -0.4 is 9.47 Å². The third-order valence-corrected chi connectivity index (χ3v) is 8.09. The molecule has 0 amide bonds. The number of carbonyl (C=O) groups excluding carboxylic acids is 3. The Labute approximate surface area is 288 Å². The second-order valence-corrected chi connectivity index (χ2v) is 14.8. The molecule has 5 aromatic rings. The van der Waals surface area contributed by atoms with Gasteiger partial charge in [0.1, 0.15) is 17.3 Å². The zero-order valence-electron chi connectivity index (χ0n) is 29.5. The Bertz CT molecular complexity index is 1950. The Kier molecular flexibility index (Phi) is 10.5. The summed E-state index contributed by atoms with van der Waals surface area (Å²) < 4.78 is 12.5. The first-order valence-corrected chi connectivity index (χ1v) is 16.7. The SMILES string of the molecule is CC(=O)Oc1ccc(Cc2nc3c(Cc4ccccc4)nc(-c4ccc(OC(C)=O)cc4)cn3c2CC(=O)CC(C)(C)CC(C)(C)C)cc1. The van der Waals surface area contributed by atoms with Gasteiger partial charge in [-0.25, -0.2) is 9.97 Å². The summed E-state index contributed by atoms with van der Waals surface area (Å²) in [6, 6.07) is 24.7. The quantitative estimate of drug-likeness (QED) is 0.0980. The van der Waals surface area contributed by atoms with Crippen LogP contribution in [0.15, 0.2) is 85.1 Å². The van der Waals surface area contributed by atoms with E-state index in [1.54, 1.807) is 24.3 Å². The van der Waals surface area contributed by atoms with Crippen LogP contribution in [0, 0.1) is 10.8 Å². The third kappa shape index (κ3) is 9.72. The molecule has 0 spiro atoms. The van der Waals surface area contributed by atoms with Crippen molar-refractivity contribution in [3.05, 3.63) is 113 Å². The zero-order chi connectivity index (χ0) is 35.3. The topological polar surface area (TPSA) is 99.9 Å². The summed E-state index contributed by atoms with van der Waals surface area (Å²) in [5.41, 5.74) is 6.64. The average molecular weight is 660 g/mol. The number of hydrogen-bond acceptors (Lipinski definition) is 7. The number of ether oxygens (including phenoxy) is 2. The summed E-state index contributed by atoms with van der Waals surface area (Å²) in [7, 11) is 0. The lowest BCUT2D eigenvalue weighted by Crippen LogP contribution is -2.25. The number of esters is 2. The molecule has 0 atom stereocenters. The number of aromatic nitrogens is 3. The maximum atomic E-state index is 13.9. The molecule has 254 valence electrons. The minimum atomic E-state index is -0.385. The van der Waals surface area contributed by atoms with Gasteiger partial charge >= 0.3 is 11.9 Å². The van der Waals surface area contributed by atoms with Crippen LogP contribution in [0.5, 0.6) is 11.5 Å². The molecular formula is C41H45N3O5. The lowest BCUT2D eigenvalue weighted by molar-refractivity contribution is -0.132. The minimum absolute atomic E-state index is 0.0917. The maximum Gasteiger partial charge on any atom is 0.308 e. The van der Waals surface area contributed by atoms with E-state index in [-0.39, 0.29) is 35.0 Å². The number of hydrogen-bond donors (Lipinski definition) is 0. The van der Waals surface area contributed by atoms with Crippen LogP contribution in [-0.4, -0.2) is 32.1 Å². The molecule has 0 saturated carbocycles. The molecule has 49 heavy (non-hydrogen) atoms. The number of nitrogens with zero attached hydrogens (tertiary/aromatic N) is 3. The Morgan fingerprint density at radius 1 is 0.694 bits per heavy atom. The van der Waals surface area contributed by atoms with Crippen LogP contribution >= 0.6 is 0 Å². The molecule has 2 aromatic heterocycles. The fraction of sp³-hybridized carbons (Fsp3) is 0.341. The molecule has 8 nitrogen and oxygen atoms in total. The number of benzene rings is 3. The van der Waals surface area contributed by atoms with Gasteiger partial charge in [0, 0.05) is 51.3 Å². The molecule has 0 aliphatic rings. The van der Waals surface area contributed by atoms with Crippen molar-refractivity contribution < 1.29 is 23.9 Å². The summed E-state index contributed by atoms with van der Waals surface area (Å²) in [6.07, 6.45) is 4.55. The van der Waals surface area contributed by atoms with Crippen molar-refractivity contribution in [1.29, 1.82) is 0 Å². The second kappa shape index (κ2) is 14.6. The Balaban J connectivity index is 1.62. The Morgan fingerprint density at radius 3 is 1.82 bits per heavy atom. The summed E-state index contributed by atoms with van der Waals surface area (Å²) in [4.78, 5) is 47.2. The normalized spacial score (nSPS) is 11.8. The molecule has 3 aromatic carbocycles. The van der Waals surface area contributed by atoms with Crippen LogP contribution in [0.1, 0.15) is 89.5 Å². The maximum absolute atomic E-state index is 13.9. The van der Waals surface area contributed by atoms with Gasteiger partial charge in [0.05, 0.1) is 22.8 Å². The average Bonchev–Trinajstić information content (AvgIpc) is 3.33. The van der Waals surface area contributed by atoms with Gasteiger partial charge in [0.25, 0.3) is 0 Å². The first kappa shape index (κ1) is 35.2. The molecule has 5 rings (SSSR count). The molecular weight excluding hydrogens is 614 g/mol. The highest BCUT2D eigenvalue weighted by Crippen LogP contribution is 2.36. The number of imidazole rings is 1. The molecule has 0 saturated heterocycles. The van der Waals surface area contributed by atoms with Crippen LogP contribution in [0.4, 0.5) is 0 Å². The summed E-state index contributed by atoms with van der Waals surface area (Å²) >= 11 is 0. The van der Waals surface area contributed by atoms with Crippen LogP contribution in [0.3, 0.4) is 0 Å². The summed E-state index contributed by atoms with van der Waals surface area (Å²) in [6.45, 7) is 13.7. The number of Topliss-reactive ketones (excluding diaryl/α,β-unsaturated/α-hetero) is 1. The van der Waals surface area contributed by atoms with E-state index in [2.05, 4.69) is 46.8 Å². The summed E-state index contributed by atoms with van der Waals surface area (Å²) in [5, 5.41) is 0. The van der Waals surface area contributed by atoms with E-state index in [0.29, 0.717) is 42.1 Å². The van der Waals surface area contributed by atoms with Crippen molar-refractivity contribution in [2.24, 2.45) is 10.8 Å². The summed E-state index contributed by atoms with van der Waals surface area (Å²) in [5.74, 6) is 0.316. The van der Waals surface area contributed by atoms with Gasteiger partial charge in [0.15, 0.2) is 5.65 Å². The van der Waals surface area contributed by atoms with Crippen molar-refractivity contribution in [2.45, 2.75) is 80.6 Å². The van der Waals surface area contributed by atoms with Gasteiger partial charge in [-0.05, 0) is 64.8 Å². The van der Waals surface area contributed by atoms with Crippen molar-refractivity contribution in [3.63, 3.8) is 0 Å². The van der Waals surface area contributed by atoms with Crippen molar-refractivity contribution in [1.82, 2.24) is 14.4 Å². The number of ketones is 1. The van der Waals surface area contributed by atoms with Gasteiger partial charge in [-0.3, -0.25) is 18.8 Å². The molecule has 0 aliphatic carbocycles. The van der Waals surface area contributed by atoms with E-state index in [1.807, 2.05) is 53.1 Å². The lowest BCUT2D eigenvalue weighted by atomic mass is 9.73. The molecule has 0 radical (unpaired) electrons. The first-order chi connectivity index (χ1) is 23.1. The van der Waals surface area contributed by atoms with E-state index in [9.17, 15) is 14.4 Å². The second-order valence-electron chi connectivity index (χ2n) is 14.8. The molecule has 0 unspecified atom stereocenters. The minimum Gasteiger partial charge on any atom is -0.427 e. The van der Waals surface area contributed by atoms with Crippen LogP contribution in [0.25, 0.3) is 16.9 Å². The molecule has 0 fully saturated rings. The fourth-order valence-electron chi connectivity index (χ4n) is 6.75. The van der Waals surface area contributed by atoms with E-state index >= 15 is 0 Å². The highest BCUT2D eigenvalue weighted by molar-refractivity contribution is 5.82. The van der Waals surface area contributed by atoms with Gasteiger partial charge in [-0.1, -0.05) is 77.1 Å². The van der Waals surface area contributed by atoms with Gasteiger partial charge in [0.2, 0.25) is 0 Å². The zero-order valence-corrected chi connectivity index (χ0v) is 29.5. The number of carbonyl (C=O) groups is 3. The van der Waals surface area contributed by atoms with Crippen LogP contribution in [-0.2, 0) is 33.6 Å². The third-order valence-electron chi connectivity index (χ3n) is 8.09. The van der Waals surface area contributed by atoms with E-state index in [0.717, 1.165) is 40.2 Å². The highest BCUT2D eigenvalue weighted by atomic mass is 16.5. The van der Waals surface area contributed by atoms with Crippen LogP contribution in [0.2, 0.25) is 0 Å². The van der Waals surface area contributed by atoms with Gasteiger partial charge < -0.3 is 9.47 Å². The highest BCUT2D eigenvalue weighted by Gasteiger charge is 2.29. The van der Waals surface area contributed by atoms with E-state index in [1.165, 1.54) is 13.8 Å². The Morgan fingerprint density at radius 2 is 1.24 bits per heavy atom. The molecule has 8 heteroatoms. The van der Waals surface area contributed by atoms with E-state index < -0.39 is 0 Å². The monoisotopic (exact) mass is 659 g/mol. The first-order valence-electron chi connectivity index (χ1n) is 16.7. The van der Waals surface area contributed by atoms with Crippen molar-refractivity contribution in [2.75, 3.05) is 0 Å². The molecule has 2 heterocycles. The largest absolute Gasteiger partial charge is 0.427 e. The fourth-order valence-corrected chi connectivity index (χ4v) is 6.75.